The van der Waals surface area contributed by atoms with Gasteiger partial charge in [0.2, 0.25) is 0 Å². The molecule has 0 saturated carbocycles. The molecule has 3 nitrogen and oxygen atoms in total. The Kier molecular flexibility index (Phi) is 5.10. The van der Waals surface area contributed by atoms with Crippen molar-refractivity contribution in [1.82, 2.24) is 10.3 Å². The highest BCUT2D eigenvalue weighted by Gasteiger charge is 2.12. The molecular formula is C14H16BrFN2O. The number of hydrogen-bond acceptors (Lipinski definition) is 3. The van der Waals surface area contributed by atoms with Gasteiger partial charge in [-0.3, -0.25) is 0 Å². The number of nitrogens with zero attached hydrogens (tertiary/aromatic N) is 1. The van der Waals surface area contributed by atoms with Crippen LogP contribution in [0.4, 0.5) is 4.39 Å². The zero-order valence-electron chi connectivity index (χ0n) is 10.7. The molecule has 0 aliphatic rings. The van der Waals surface area contributed by atoms with Crippen molar-refractivity contribution in [2.24, 2.45) is 0 Å². The lowest BCUT2D eigenvalue weighted by atomic mass is 10.2. The van der Waals surface area contributed by atoms with E-state index in [9.17, 15) is 4.39 Å². The third-order valence-corrected chi connectivity index (χ3v) is 3.52. The lowest BCUT2D eigenvalue weighted by molar-refractivity contribution is 0.494. The van der Waals surface area contributed by atoms with E-state index in [1.165, 1.54) is 6.07 Å². The van der Waals surface area contributed by atoms with E-state index in [2.05, 4.69) is 33.2 Å². The fourth-order valence-corrected chi connectivity index (χ4v) is 2.20. The number of nitrogens with one attached hydrogen (secondary N) is 1. The van der Waals surface area contributed by atoms with E-state index in [4.69, 9.17) is 4.42 Å². The summed E-state index contributed by atoms with van der Waals surface area (Å²) in [5.41, 5.74) is 0.681. The Hall–Kier alpha value is -1.20. The maximum absolute atomic E-state index is 13.4. The van der Waals surface area contributed by atoms with Gasteiger partial charge in [-0.1, -0.05) is 13.0 Å². The average molecular weight is 327 g/mol. The smallest absolute Gasteiger partial charge is 0.196 e. The summed E-state index contributed by atoms with van der Waals surface area (Å²) in [4.78, 5) is 4.21. The van der Waals surface area contributed by atoms with Crippen molar-refractivity contribution in [1.29, 1.82) is 0 Å². The van der Waals surface area contributed by atoms with E-state index in [1.54, 1.807) is 18.3 Å². The van der Waals surface area contributed by atoms with Crippen LogP contribution in [0.2, 0.25) is 0 Å². The molecular weight excluding hydrogens is 311 g/mol. The maximum Gasteiger partial charge on any atom is 0.196 e. The largest absolute Gasteiger partial charge is 0.441 e. The predicted molar refractivity (Wildman–Crippen MR) is 76.5 cm³/mol. The Morgan fingerprint density at radius 3 is 3.00 bits per heavy atom. The van der Waals surface area contributed by atoms with Gasteiger partial charge in [0.25, 0.3) is 0 Å². The number of hydrogen-bond donors (Lipinski definition) is 1. The number of halogens is 2. The molecule has 0 unspecified atom stereocenters. The molecule has 1 aromatic carbocycles. The first-order valence-corrected chi connectivity index (χ1v) is 7.11. The van der Waals surface area contributed by atoms with Crippen molar-refractivity contribution in [3.8, 4) is 11.3 Å². The highest BCUT2D eigenvalue weighted by molar-refractivity contribution is 9.10. The molecule has 2 rings (SSSR count). The molecule has 1 N–H and O–H groups in total. The van der Waals surface area contributed by atoms with Crippen LogP contribution in [0, 0.1) is 5.82 Å². The van der Waals surface area contributed by atoms with E-state index in [1.807, 2.05) is 0 Å². The topological polar surface area (TPSA) is 38.1 Å². The van der Waals surface area contributed by atoms with Gasteiger partial charge in [-0.05, 0) is 41.0 Å². The first-order valence-electron chi connectivity index (χ1n) is 6.32. The molecule has 102 valence electrons. The third kappa shape index (κ3) is 3.64. The fraction of sp³-hybridized carbons (Fsp3) is 0.357. The second-order valence-corrected chi connectivity index (χ2v) is 5.01. The summed E-state index contributed by atoms with van der Waals surface area (Å²) in [7, 11) is 0. The highest BCUT2D eigenvalue weighted by atomic mass is 79.9. The van der Waals surface area contributed by atoms with Crippen molar-refractivity contribution in [3.05, 3.63) is 40.6 Å². The van der Waals surface area contributed by atoms with Crippen LogP contribution >= 0.6 is 15.9 Å². The summed E-state index contributed by atoms with van der Waals surface area (Å²) in [5.74, 6) is 0.937. The Balaban J connectivity index is 2.06. The number of rotatable bonds is 6. The zero-order chi connectivity index (χ0) is 13.7. The van der Waals surface area contributed by atoms with E-state index in [-0.39, 0.29) is 5.82 Å². The van der Waals surface area contributed by atoms with Gasteiger partial charge >= 0.3 is 0 Å². The van der Waals surface area contributed by atoms with Crippen molar-refractivity contribution in [2.75, 3.05) is 13.1 Å². The Bertz CT molecular complexity index is 542. The van der Waals surface area contributed by atoms with Gasteiger partial charge in [0, 0.05) is 18.5 Å². The molecule has 0 amide bonds. The van der Waals surface area contributed by atoms with Crippen LogP contribution in [0.3, 0.4) is 0 Å². The molecule has 0 fully saturated rings. The van der Waals surface area contributed by atoms with Crippen LogP contribution in [0.15, 0.2) is 33.3 Å². The molecule has 0 atom stereocenters. The Morgan fingerprint density at radius 1 is 1.37 bits per heavy atom. The van der Waals surface area contributed by atoms with Crippen molar-refractivity contribution >= 4 is 15.9 Å². The van der Waals surface area contributed by atoms with Crippen molar-refractivity contribution < 1.29 is 8.81 Å². The molecule has 2 aromatic rings. The van der Waals surface area contributed by atoms with Gasteiger partial charge < -0.3 is 9.73 Å². The minimum absolute atomic E-state index is 0.305. The SMILES string of the molecule is CCCNCCc1ncc(-c2cccc(F)c2Br)o1. The number of benzene rings is 1. The minimum atomic E-state index is -0.305. The predicted octanol–water partition coefficient (Wildman–Crippen LogP) is 3.79. The van der Waals surface area contributed by atoms with Crippen LogP contribution in [-0.2, 0) is 6.42 Å². The van der Waals surface area contributed by atoms with Crippen LogP contribution < -0.4 is 5.32 Å². The Labute approximate surface area is 120 Å². The summed E-state index contributed by atoms with van der Waals surface area (Å²) in [5, 5.41) is 3.28. The average Bonchev–Trinajstić information content (AvgIpc) is 2.87. The summed E-state index contributed by atoms with van der Waals surface area (Å²) >= 11 is 3.22. The second-order valence-electron chi connectivity index (χ2n) is 4.22. The van der Waals surface area contributed by atoms with Crippen molar-refractivity contribution in [2.45, 2.75) is 19.8 Å². The minimum Gasteiger partial charge on any atom is -0.441 e. The molecule has 19 heavy (non-hydrogen) atoms. The molecule has 0 saturated heterocycles. The van der Waals surface area contributed by atoms with E-state index >= 15 is 0 Å². The van der Waals surface area contributed by atoms with E-state index in [0.29, 0.717) is 21.7 Å². The first kappa shape index (κ1) is 14.2. The fourth-order valence-electron chi connectivity index (χ4n) is 1.74. The summed E-state index contributed by atoms with van der Waals surface area (Å²) in [6, 6.07) is 4.85. The summed E-state index contributed by atoms with van der Waals surface area (Å²) in [6.45, 7) is 3.94. The molecule has 0 spiro atoms. The molecule has 0 aliphatic heterocycles. The zero-order valence-corrected chi connectivity index (χ0v) is 12.3. The van der Waals surface area contributed by atoms with E-state index < -0.39 is 0 Å². The maximum atomic E-state index is 13.4. The molecule has 5 heteroatoms. The number of aromatic nitrogens is 1. The lowest BCUT2D eigenvalue weighted by Gasteiger charge is -2.01. The number of oxazole rings is 1. The quantitative estimate of drug-likeness (QED) is 0.821. The van der Waals surface area contributed by atoms with Gasteiger partial charge in [0.1, 0.15) is 5.82 Å². The van der Waals surface area contributed by atoms with Crippen LogP contribution in [-0.4, -0.2) is 18.1 Å². The summed E-state index contributed by atoms with van der Waals surface area (Å²) in [6.07, 6.45) is 3.47. The standard InChI is InChI=1S/C14H16BrFN2O/c1-2-7-17-8-6-13-18-9-12(19-13)10-4-3-5-11(16)14(10)15/h3-5,9,17H,2,6-8H2,1H3. The van der Waals surface area contributed by atoms with Gasteiger partial charge in [0.05, 0.1) is 10.7 Å². The molecule has 0 aliphatic carbocycles. The molecule has 0 bridgehead atoms. The lowest BCUT2D eigenvalue weighted by Crippen LogP contribution is -2.17. The van der Waals surface area contributed by atoms with Crippen LogP contribution in [0.1, 0.15) is 19.2 Å². The van der Waals surface area contributed by atoms with Gasteiger partial charge in [-0.2, -0.15) is 0 Å². The third-order valence-electron chi connectivity index (χ3n) is 2.71. The van der Waals surface area contributed by atoms with Gasteiger partial charge in [-0.15, -0.1) is 0 Å². The Morgan fingerprint density at radius 2 is 2.21 bits per heavy atom. The second kappa shape index (κ2) is 6.82. The van der Waals surface area contributed by atoms with Gasteiger partial charge in [-0.25, -0.2) is 9.37 Å². The van der Waals surface area contributed by atoms with E-state index in [0.717, 1.165) is 25.9 Å². The normalized spacial score (nSPS) is 10.9. The molecule has 1 aromatic heterocycles. The van der Waals surface area contributed by atoms with Crippen LogP contribution in [0.5, 0.6) is 0 Å². The first-order chi connectivity index (χ1) is 9.22. The van der Waals surface area contributed by atoms with Crippen LogP contribution in [0.25, 0.3) is 11.3 Å². The van der Waals surface area contributed by atoms with Crippen molar-refractivity contribution in [3.63, 3.8) is 0 Å². The molecule has 1 heterocycles. The molecule has 0 radical (unpaired) electrons. The van der Waals surface area contributed by atoms with Gasteiger partial charge in [0.15, 0.2) is 11.7 Å². The monoisotopic (exact) mass is 326 g/mol. The summed E-state index contributed by atoms with van der Waals surface area (Å²) < 4.78 is 19.5. The highest BCUT2D eigenvalue weighted by Crippen LogP contribution is 2.30.